The summed E-state index contributed by atoms with van der Waals surface area (Å²) in [5.74, 6) is 2.82. The molecule has 1 aromatic heterocycles. The number of allylic oxidation sites excluding steroid dienone is 2. The van der Waals surface area contributed by atoms with Crippen LogP contribution < -0.4 is 10.6 Å². The van der Waals surface area contributed by atoms with Gasteiger partial charge in [0.1, 0.15) is 12.4 Å². The number of aromatic nitrogens is 3. The lowest BCUT2D eigenvalue weighted by molar-refractivity contribution is -0.140. The lowest BCUT2D eigenvalue weighted by Gasteiger charge is -2.19. The maximum Gasteiger partial charge on any atom is 0.233 e. The number of guanidine groups is 1. The number of imide groups is 1. The van der Waals surface area contributed by atoms with Gasteiger partial charge in [0, 0.05) is 26.2 Å². The number of carbonyl (C=O) groups is 2. The molecule has 9 nitrogen and oxygen atoms in total. The van der Waals surface area contributed by atoms with Gasteiger partial charge in [0.05, 0.1) is 11.8 Å². The van der Waals surface area contributed by atoms with E-state index in [9.17, 15) is 9.59 Å². The first-order chi connectivity index (χ1) is 15.5. The van der Waals surface area contributed by atoms with Gasteiger partial charge in [0.25, 0.3) is 0 Å². The third-order valence-electron chi connectivity index (χ3n) is 7.67. The van der Waals surface area contributed by atoms with E-state index < -0.39 is 0 Å². The molecule has 32 heavy (non-hydrogen) atoms. The van der Waals surface area contributed by atoms with E-state index in [1.165, 1.54) is 17.7 Å². The van der Waals surface area contributed by atoms with Crippen molar-refractivity contribution in [3.8, 4) is 0 Å². The number of fused-ring (bicyclic) bond motifs is 5. The van der Waals surface area contributed by atoms with Gasteiger partial charge in [-0.05, 0) is 44.4 Å². The molecule has 2 N–H and O–H groups in total. The van der Waals surface area contributed by atoms with Gasteiger partial charge in [-0.25, -0.2) is 4.99 Å². The zero-order valence-corrected chi connectivity index (χ0v) is 19.0. The van der Waals surface area contributed by atoms with Crippen molar-refractivity contribution in [1.82, 2.24) is 30.3 Å². The minimum Gasteiger partial charge on any atom is -0.356 e. The smallest absolute Gasteiger partial charge is 0.233 e. The Bertz CT molecular complexity index is 916. The fourth-order valence-electron chi connectivity index (χ4n) is 5.78. The Morgan fingerprint density at radius 3 is 2.44 bits per heavy atom. The summed E-state index contributed by atoms with van der Waals surface area (Å²) in [6.07, 6.45) is 10.7. The highest BCUT2D eigenvalue weighted by Crippen LogP contribution is 2.52. The van der Waals surface area contributed by atoms with Crippen molar-refractivity contribution in [3.63, 3.8) is 0 Å². The van der Waals surface area contributed by atoms with Crippen molar-refractivity contribution in [1.29, 1.82) is 0 Å². The second kappa shape index (κ2) is 8.67. The third kappa shape index (κ3) is 3.82. The van der Waals surface area contributed by atoms with Crippen LogP contribution in [0.15, 0.2) is 17.1 Å². The van der Waals surface area contributed by atoms with Crippen molar-refractivity contribution < 1.29 is 9.59 Å². The highest BCUT2D eigenvalue weighted by molar-refractivity contribution is 6.06. The van der Waals surface area contributed by atoms with Crippen LogP contribution in [-0.2, 0) is 23.2 Å². The molecule has 4 unspecified atom stereocenters. The molecule has 5 rings (SSSR count). The summed E-state index contributed by atoms with van der Waals surface area (Å²) >= 11 is 0. The summed E-state index contributed by atoms with van der Waals surface area (Å²) in [5, 5.41) is 15.2. The Morgan fingerprint density at radius 1 is 1.12 bits per heavy atom. The second-order valence-electron chi connectivity index (χ2n) is 9.62. The van der Waals surface area contributed by atoms with Crippen LogP contribution >= 0.6 is 0 Å². The quantitative estimate of drug-likeness (QED) is 0.218. The number of aliphatic imine (C=N–C) groups is 1. The van der Waals surface area contributed by atoms with Gasteiger partial charge in [-0.2, -0.15) is 0 Å². The predicted octanol–water partition coefficient (Wildman–Crippen LogP) is 1.30. The van der Waals surface area contributed by atoms with E-state index in [-0.39, 0.29) is 35.5 Å². The average Bonchev–Trinajstić information content (AvgIpc) is 3.60. The van der Waals surface area contributed by atoms with Gasteiger partial charge in [0.15, 0.2) is 11.8 Å². The van der Waals surface area contributed by atoms with E-state index in [4.69, 9.17) is 4.99 Å². The summed E-state index contributed by atoms with van der Waals surface area (Å²) < 4.78 is 1.94. The largest absolute Gasteiger partial charge is 0.356 e. The minimum atomic E-state index is -0.110. The molecular weight excluding hydrogens is 406 g/mol. The van der Waals surface area contributed by atoms with Crippen molar-refractivity contribution >= 4 is 17.8 Å². The number of likely N-dealkylation sites (tertiary alicyclic amines) is 1. The molecule has 2 heterocycles. The number of nitrogens with zero attached hydrogens (tertiary/aromatic N) is 5. The molecule has 4 aliphatic rings. The Hall–Kier alpha value is -2.71. The molecule has 3 aliphatic carbocycles. The lowest BCUT2D eigenvalue weighted by Crippen LogP contribution is -2.43. The molecule has 3 fully saturated rings. The first-order valence-electron chi connectivity index (χ1n) is 12.0. The first-order valence-corrected chi connectivity index (χ1v) is 12.0. The number of nitrogens with one attached hydrogen (secondary N) is 2. The zero-order chi connectivity index (χ0) is 22.2. The zero-order valence-electron chi connectivity index (χ0n) is 19.0. The predicted molar refractivity (Wildman–Crippen MR) is 119 cm³/mol. The van der Waals surface area contributed by atoms with Crippen molar-refractivity contribution in [2.75, 3.05) is 13.1 Å². The molecule has 0 radical (unpaired) electrons. The molecule has 0 spiro atoms. The Labute approximate surface area is 188 Å². The van der Waals surface area contributed by atoms with Crippen molar-refractivity contribution in [2.24, 2.45) is 35.7 Å². The monoisotopic (exact) mass is 439 g/mol. The lowest BCUT2D eigenvalue weighted by atomic mass is 9.85. The Kier molecular flexibility index (Phi) is 5.73. The van der Waals surface area contributed by atoms with Crippen LogP contribution in [0.4, 0.5) is 0 Å². The van der Waals surface area contributed by atoms with Crippen LogP contribution in [0.2, 0.25) is 0 Å². The maximum absolute atomic E-state index is 12.8. The summed E-state index contributed by atoms with van der Waals surface area (Å²) in [5.41, 5.74) is 0. The second-order valence-corrected chi connectivity index (χ2v) is 9.62. The standard InChI is InChI=1S/C23H33N7O2/c1-14-27-28-18(29(14)2)13-25-23(26-17-6-3-4-7-17)24-10-5-11-30-21(31)19-15-8-9-16(12-15)20(19)22(30)32/h8-9,15-17,19-20H,3-7,10-13H2,1-2H3,(H2,24,25,26). The molecule has 1 aromatic rings. The van der Waals surface area contributed by atoms with E-state index in [1.807, 2.05) is 18.5 Å². The average molecular weight is 440 g/mol. The molecule has 0 aromatic carbocycles. The summed E-state index contributed by atoms with van der Waals surface area (Å²) in [7, 11) is 1.94. The Balaban J connectivity index is 1.16. The van der Waals surface area contributed by atoms with Gasteiger partial charge >= 0.3 is 0 Å². The number of hydrogen-bond donors (Lipinski definition) is 2. The van der Waals surface area contributed by atoms with Crippen LogP contribution in [-0.4, -0.2) is 56.6 Å². The van der Waals surface area contributed by atoms with E-state index >= 15 is 0 Å². The van der Waals surface area contributed by atoms with Gasteiger partial charge in [-0.3, -0.25) is 14.5 Å². The van der Waals surface area contributed by atoms with Gasteiger partial charge in [-0.15, -0.1) is 10.2 Å². The number of hydrogen-bond acceptors (Lipinski definition) is 5. The summed E-state index contributed by atoms with van der Waals surface area (Å²) in [4.78, 5) is 31.9. The van der Waals surface area contributed by atoms with E-state index in [0.717, 1.165) is 36.9 Å². The van der Waals surface area contributed by atoms with Crippen molar-refractivity contribution in [2.45, 2.75) is 58.0 Å². The normalized spacial score (nSPS) is 29.4. The van der Waals surface area contributed by atoms with E-state index in [2.05, 4.69) is 33.0 Å². The number of rotatable bonds is 7. The fraction of sp³-hybridized carbons (Fsp3) is 0.696. The number of amides is 2. The molecule has 1 aliphatic heterocycles. The van der Waals surface area contributed by atoms with E-state index in [0.29, 0.717) is 32.1 Å². The van der Waals surface area contributed by atoms with Gasteiger partial charge in [0.2, 0.25) is 11.8 Å². The van der Waals surface area contributed by atoms with Crippen LogP contribution in [0.5, 0.6) is 0 Å². The first kappa shape index (κ1) is 21.2. The SMILES string of the molecule is Cc1nnc(CN=C(NCCCN2C(=O)C3C4C=CC(C4)C3C2=O)NC2CCCC2)n1C. The molecule has 2 bridgehead atoms. The van der Waals surface area contributed by atoms with Crippen molar-refractivity contribution in [3.05, 3.63) is 23.8 Å². The molecule has 4 atom stereocenters. The van der Waals surface area contributed by atoms with Gasteiger partial charge < -0.3 is 15.2 Å². The molecule has 172 valence electrons. The molecule has 2 amide bonds. The fourth-order valence-corrected chi connectivity index (χ4v) is 5.78. The number of carbonyl (C=O) groups excluding carboxylic acids is 2. The van der Waals surface area contributed by atoms with Crippen LogP contribution in [0, 0.1) is 30.6 Å². The van der Waals surface area contributed by atoms with Gasteiger partial charge in [-0.1, -0.05) is 25.0 Å². The molecule has 9 heteroatoms. The highest BCUT2D eigenvalue weighted by Gasteiger charge is 2.58. The molecule has 2 saturated carbocycles. The van der Waals surface area contributed by atoms with E-state index in [1.54, 1.807) is 0 Å². The van der Waals surface area contributed by atoms with Crippen LogP contribution in [0.3, 0.4) is 0 Å². The summed E-state index contributed by atoms with van der Waals surface area (Å²) in [6, 6.07) is 0.437. The molecule has 1 saturated heterocycles. The molecular formula is C23H33N7O2. The minimum absolute atomic E-state index is 0.0347. The Morgan fingerprint density at radius 2 is 1.81 bits per heavy atom. The third-order valence-corrected chi connectivity index (χ3v) is 7.67. The van der Waals surface area contributed by atoms with Crippen LogP contribution in [0.25, 0.3) is 0 Å². The maximum atomic E-state index is 12.8. The summed E-state index contributed by atoms with van der Waals surface area (Å²) in [6.45, 7) is 3.48. The van der Waals surface area contributed by atoms with Crippen LogP contribution in [0.1, 0.15) is 50.2 Å². The highest BCUT2D eigenvalue weighted by atomic mass is 16.2. The number of aryl methyl sites for hydroxylation is 1. The topological polar surface area (TPSA) is 105 Å².